The first kappa shape index (κ1) is 18.1. The first-order valence-corrected chi connectivity index (χ1v) is 8.94. The molecule has 26 heavy (non-hydrogen) atoms. The van der Waals surface area contributed by atoms with Gasteiger partial charge in [0.05, 0.1) is 0 Å². The predicted octanol–water partition coefficient (Wildman–Crippen LogP) is 4.56. The number of aryl methyl sites for hydroxylation is 3. The summed E-state index contributed by atoms with van der Waals surface area (Å²) in [4.78, 5) is 12.4. The van der Waals surface area contributed by atoms with E-state index < -0.39 is 0 Å². The molecule has 2 aromatic carbocycles. The second-order valence-electron chi connectivity index (χ2n) is 6.49. The molecule has 1 aromatic heterocycles. The largest absolute Gasteiger partial charge is 0.326 e. The molecule has 0 fully saturated rings. The van der Waals surface area contributed by atoms with Gasteiger partial charge in [-0.1, -0.05) is 35.9 Å². The molecule has 3 aromatic rings. The Balaban J connectivity index is 1.74. The molecule has 0 aliphatic heterocycles. The molecular weight excluding hydrogens is 344 g/mol. The van der Waals surface area contributed by atoms with Crippen molar-refractivity contribution in [3.05, 3.63) is 63.9 Å². The fraction of sp³-hybridized carbons (Fsp3) is 0.250. The fourth-order valence-electron chi connectivity index (χ4n) is 2.83. The van der Waals surface area contributed by atoms with E-state index in [9.17, 15) is 4.79 Å². The van der Waals surface area contributed by atoms with E-state index in [2.05, 4.69) is 21.6 Å². The molecule has 2 N–H and O–H groups in total. The minimum Gasteiger partial charge on any atom is -0.326 e. The highest BCUT2D eigenvalue weighted by Crippen LogP contribution is 2.20. The Labute approximate surface area is 158 Å². The topological polar surface area (TPSA) is 62.7 Å². The van der Waals surface area contributed by atoms with Gasteiger partial charge in [-0.25, -0.2) is 0 Å². The Morgan fingerprint density at radius 2 is 1.92 bits per heavy atom. The lowest BCUT2D eigenvalue weighted by Crippen LogP contribution is -2.15. The first-order valence-electron chi connectivity index (χ1n) is 8.53. The Morgan fingerprint density at radius 3 is 2.69 bits per heavy atom. The van der Waals surface area contributed by atoms with E-state index in [1.54, 1.807) is 0 Å². The summed E-state index contributed by atoms with van der Waals surface area (Å²) in [7, 11) is 0. The molecule has 0 bridgehead atoms. The second kappa shape index (κ2) is 7.66. The molecule has 0 atom stereocenters. The monoisotopic (exact) mass is 366 g/mol. The number of hydrogen-bond donors (Lipinski definition) is 2. The summed E-state index contributed by atoms with van der Waals surface area (Å²) in [6.07, 6.45) is 0.319. The third-order valence-corrected chi connectivity index (χ3v) is 4.58. The van der Waals surface area contributed by atoms with Crippen molar-refractivity contribution in [1.29, 1.82) is 0 Å². The zero-order chi connectivity index (χ0) is 18.7. The molecule has 0 saturated heterocycles. The van der Waals surface area contributed by atoms with E-state index in [1.165, 1.54) is 0 Å². The minimum absolute atomic E-state index is 0.0445. The summed E-state index contributed by atoms with van der Waals surface area (Å²) < 4.78 is 2.38. The number of carbonyl (C=O) groups excluding carboxylic acids is 1. The predicted molar refractivity (Wildman–Crippen MR) is 107 cm³/mol. The number of benzene rings is 2. The molecule has 0 aliphatic carbocycles. The molecule has 1 heterocycles. The van der Waals surface area contributed by atoms with Crippen LogP contribution in [0.3, 0.4) is 0 Å². The molecule has 134 valence electrons. The van der Waals surface area contributed by atoms with Crippen molar-refractivity contribution < 1.29 is 4.79 Å². The number of amides is 1. The van der Waals surface area contributed by atoms with Gasteiger partial charge in [-0.2, -0.15) is 5.10 Å². The number of aromatic nitrogens is 3. The van der Waals surface area contributed by atoms with Crippen molar-refractivity contribution >= 4 is 23.8 Å². The zero-order valence-electron chi connectivity index (χ0n) is 15.2. The van der Waals surface area contributed by atoms with Crippen LogP contribution in [0.1, 0.15) is 23.1 Å². The number of rotatable bonds is 5. The van der Waals surface area contributed by atoms with Crippen LogP contribution in [0.2, 0.25) is 0 Å². The molecule has 0 spiro atoms. The van der Waals surface area contributed by atoms with Gasteiger partial charge in [0.2, 0.25) is 5.91 Å². The normalized spacial score (nSPS) is 10.7. The third kappa shape index (κ3) is 4.08. The maximum Gasteiger partial charge on any atom is 0.226 e. The molecule has 0 aliphatic rings. The van der Waals surface area contributed by atoms with Crippen molar-refractivity contribution in [2.75, 3.05) is 5.32 Å². The Bertz CT molecular complexity index is 1000. The number of hydrogen-bond acceptors (Lipinski definition) is 3. The number of carbonyl (C=O) groups is 1. The van der Waals surface area contributed by atoms with Gasteiger partial charge < -0.3 is 5.32 Å². The van der Waals surface area contributed by atoms with Crippen LogP contribution >= 0.6 is 12.2 Å². The molecule has 0 radical (unpaired) electrons. The first-order chi connectivity index (χ1) is 12.4. The third-order valence-electron chi connectivity index (χ3n) is 4.26. The molecule has 0 unspecified atom stereocenters. The van der Waals surface area contributed by atoms with Crippen LogP contribution < -0.4 is 5.32 Å². The highest BCUT2D eigenvalue weighted by Gasteiger charge is 2.11. The average Bonchev–Trinajstić information content (AvgIpc) is 2.97. The highest BCUT2D eigenvalue weighted by atomic mass is 32.1. The Morgan fingerprint density at radius 1 is 1.15 bits per heavy atom. The maximum absolute atomic E-state index is 12.4. The van der Waals surface area contributed by atoms with Crippen molar-refractivity contribution in [2.45, 2.75) is 33.7 Å². The lowest BCUT2D eigenvalue weighted by molar-refractivity contribution is -0.116. The number of H-pyrrole nitrogens is 1. The van der Waals surface area contributed by atoms with Crippen LogP contribution in [0.5, 0.6) is 0 Å². The summed E-state index contributed by atoms with van der Waals surface area (Å²) in [5, 5.41) is 10.1. The molecule has 5 nitrogen and oxygen atoms in total. The van der Waals surface area contributed by atoms with E-state index in [1.807, 2.05) is 61.7 Å². The standard InChI is InChI=1S/C20H22N4OS/c1-13-5-4-6-16(11-13)19-22-23-20(26)24(19)10-9-18(25)21-17-12-14(2)7-8-15(17)3/h4-8,11-12H,9-10H2,1-3H3,(H,21,25)(H,23,26). The fourth-order valence-corrected chi connectivity index (χ4v) is 3.05. The van der Waals surface area contributed by atoms with Crippen LogP contribution in [-0.4, -0.2) is 20.7 Å². The number of nitrogens with one attached hydrogen (secondary N) is 2. The van der Waals surface area contributed by atoms with Gasteiger partial charge in [0.15, 0.2) is 10.6 Å². The van der Waals surface area contributed by atoms with E-state index in [0.29, 0.717) is 17.7 Å². The molecule has 3 rings (SSSR count). The van der Waals surface area contributed by atoms with Crippen molar-refractivity contribution in [3.8, 4) is 11.4 Å². The van der Waals surface area contributed by atoms with Crippen LogP contribution in [0, 0.1) is 25.5 Å². The highest BCUT2D eigenvalue weighted by molar-refractivity contribution is 7.71. The van der Waals surface area contributed by atoms with Crippen LogP contribution in [-0.2, 0) is 11.3 Å². The number of aromatic amines is 1. The van der Waals surface area contributed by atoms with E-state index in [-0.39, 0.29) is 5.91 Å². The lowest BCUT2D eigenvalue weighted by atomic mass is 10.1. The van der Waals surface area contributed by atoms with Gasteiger partial charge in [0.25, 0.3) is 0 Å². The van der Waals surface area contributed by atoms with E-state index in [0.717, 1.165) is 33.8 Å². The minimum atomic E-state index is -0.0445. The van der Waals surface area contributed by atoms with Crippen LogP contribution in [0.15, 0.2) is 42.5 Å². The van der Waals surface area contributed by atoms with Crippen LogP contribution in [0.25, 0.3) is 11.4 Å². The van der Waals surface area contributed by atoms with Gasteiger partial charge in [-0.05, 0) is 56.2 Å². The summed E-state index contributed by atoms with van der Waals surface area (Å²) in [5.74, 6) is 0.704. The molecular formula is C20H22N4OS. The Kier molecular flexibility index (Phi) is 5.32. The Hall–Kier alpha value is -2.73. The van der Waals surface area contributed by atoms with Gasteiger partial charge in [-0.3, -0.25) is 14.5 Å². The molecule has 1 amide bonds. The van der Waals surface area contributed by atoms with Gasteiger partial charge in [0.1, 0.15) is 0 Å². The van der Waals surface area contributed by atoms with Crippen molar-refractivity contribution in [2.24, 2.45) is 0 Å². The summed E-state index contributed by atoms with van der Waals surface area (Å²) >= 11 is 5.34. The SMILES string of the molecule is Cc1cccc(-c2n[nH]c(=S)n2CCC(=O)Nc2cc(C)ccc2C)c1. The zero-order valence-corrected chi connectivity index (χ0v) is 16.0. The quantitative estimate of drug-likeness (QED) is 0.651. The number of nitrogens with zero attached hydrogens (tertiary/aromatic N) is 2. The van der Waals surface area contributed by atoms with E-state index >= 15 is 0 Å². The second-order valence-corrected chi connectivity index (χ2v) is 6.88. The average molecular weight is 366 g/mol. The van der Waals surface area contributed by atoms with Crippen molar-refractivity contribution in [3.63, 3.8) is 0 Å². The number of anilines is 1. The lowest BCUT2D eigenvalue weighted by Gasteiger charge is -2.11. The van der Waals surface area contributed by atoms with Gasteiger partial charge in [-0.15, -0.1) is 0 Å². The summed E-state index contributed by atoms with van der Waals surface area (Å²) in [5.41, 5.74) is 5.14. The van der Waals surface area contributed by atoms with Crippen molar-refractivity contribution in [1.82, 2.24) is 14.8 Å². The van der Waals surface area contributed by atoms with Crippen LogP contribution in [0.4, 0.5) is 5.69 Å². The summed E-state index contributed by atoms with van der Waals surface area (Å²) in [6.45, 7) is 6.49. The summed E-state index contributed by atoms with van der Waals surface area (Å²) in [6, 6.07) is 14.1. The molecule has 6 heteroatoms. The maximum atomic E-state index is 12.4. The smallest absolute Gasteiger partial charge is 0.226 e. The van der Waals surface area contributed by atoms with Gasteiger partial charge in [0, 0.05) is 24.2 Å². The molecule has 0 saturated carbocycles. The van der Waals surface area contributed by atoms with E-state index in [4.69, 9.17) is 12.2 Å². The van der Waals surface area contributed by atoms with Gasteiger partial charge >= 0.3 is 0 Å².